The first-order valence-corrected chi connectivity index (χ1v) is 15.1. The predicted molar refractivity (Wildman–Crippen MR) is 155 cm³/mol. The molecule has 0 aliphatic carbocycles. The van der Waals surface area contributed by atoms with Gasteiger partial charge in [-0.2, -0.15) is 0 Å². The summed E-state index contributed by atoms with van der Waals surface area (Å²) in [6, 6.07) is 8.88. The molecule has 9 heteroatoms. The van der Waals surface area contributed by atoms with Gasteiger partial charge in [-0.3, -0.25) is 0 Å². The molecule has 0 amide bonds. The average molecular weight is 571 g/mol. The highest BCUT2D eigenvalue weighted by Crippen LogP contribution is 2.08. The van der Waals surface area contributed by atoms with Crippen LogP contribution in [0.1, 0.15) is 68.6 Å². The highest BCUT2D eigenvalue weighted by Gasteiger charge is 2.05. The van der Waals surface area contributed by atoms with E-state index in [9.17, 15) is 4.79 Å². The second-order valence-electron chi connectivity index (χ2n) is 9.26. The number of hydrogen-bond acceptors (Lipinski definition) is 9. The summed E-state index contributed by atoms with van der Waals surface area (Å²) in [4.78, 5) is 11.8. The second kappa shape index (κ2) is 30.4. The molecule has 1 aromatic rings. The largest absolute Gasteiger partial charge is 0.460 e. The summed E-state index contributed by atoms with van der Waals surface area (Å²) in [5.74, 6) is -0.347. The van der Waals surface area contributed by atoms with Gasteiger partial charge in [0.25, 0.3) is 0 Å². The lowest BCUT2D eigenvalue weighted by atomic mass is 10.1. The molecule has 0 aliphatic rings. The number of ether oxygens (including phenoxy) is 8. The maximum Gasteiger partial charge on any atom is 0.338 e. The van der Waals surface area contributed by atoms with Crippen molar-refractivity contribution < 1.29 is 42.7 Å². The van der Waals surface area contributed by atoms with E-state index in [1.54, 1.807) is 24.3 Å². The van der Waals surface area contributed by atoms with Crippen LogP contribution in [-0.2, 0) is 37.9 Å². The van der Waals surface area contributed by atoms with Gasteiger partial charge >= 0.3 is 5.97 Å². The van der Waals surface area contributed by atoms with Crippen molar-refractivity contribution in [3.63, 3.8) is 0 Å². The van der Waals surface area contributed by atoms with Crippen molar-refractivity contribution in [3.8, 4) is 0 Å². The third-order valence-corrected chi connectivity index (χ3v) is 5.84. The number of benzene rings is 1. The van der Waals surface area contributed by atoms with Crippen molar-refractivity contribution in [2.45, 2.75) is 58.3 Å². The zero-order valence-electron chi connectivity index (χ0n) is 24.8. The molecule has 40 heavy (non-hydrogen) atoms. The molecule has 0 aliphatic heterocycles. The van der Waals surface area contributed by atoms with Crippen LogP contribution in [-0.4, -0.2) is 105 Å². The molecule has 9 nitrogen and oxygen atoms in total. The molecule has 0 heterocycles. The number of esters is 1. The van der Waals surface area contributed by atoms with Gasteiger partial charge in [-0.25, -0.2) is 4.79 Å². The first-order valence-electron chi connectivity index (χ1n) is 15.1. The third-order valence-electron chi connectivity index (χ3n) is 5.84. The third kappa shape index (κ3) is 25.4. The van der Waals surface area contributed by atoms with Crippen molar-refractivity contribution in [1.82, 2.24) is 0 Å². The van der Waals surface area contributed by atoms with Crippen LogP contribution >= 0.6 is 0 Å². The molecule has 0 radical (unpaired) electrons. The smallest absolute Gasteiger partial charge is 0.338 e. The quantitative estimate of drug-likeness (QED) is 0.0893. The molecule has 0 fully saturated rings. The van der Waals surface area contributed by atoms with E-state index in [1.165, 1.54) is 44.9 Å². The molecule has 0 atom stereocenters. The maximum absolute atomic E-state index is 11.8. The fourth-order valence-corrected chi connectivity index (χ4v) is 3.61. The number of hydrogen-bond donors (Lipinski definition) is 0. The number of carbonyl (C=O) groups is 1. The maximum atomic E-state index is 11.8. The molecule has 0 spiro atoms. The molecule has 232 valence electrons. The van der Waals surface area contributed by atoms with Crippen LogP contribution < -0.4 is 0 Å². The van der Waals surface area contributed by atoms with Crippen molar-refractivity contribution in [3.05, 3.63) is 35.9 Å². The van der Waals surface area contributed by atoms with Gasteiger partial charge in [0.15, 0.2) is 0 Å². The van der Waals surface area contributed by atoms with E-state index in [4.69, 9.17) is 37.9 Å². The van der Waals surface area contributed by atoms with Crippen molar-refractivity contribution in [1.29, 1.82) is 0 Å². The van der Waals surface area contributed by atoms with Gasteiger partial charge in [0.1, 0.15) is 6.61 Å². The van der Waals surface area contributed by atoms with Gasteiger partial charge in [0.2, 0.25) is 0 Å². The lowest BCUT2D eigenvalue weighted by molar-refractivity contribution is -0.0223. The summed E-state index contributed by atoms with van der Waals surface area (Å²) >= 11 is 0. The van der Waals surface area contributed by atoms with E-state index in [1.807, 2.05) is 6.07 Å². The minimum absolute atomic E-state index is 0.213. The summed E-state index contributed by atoms with van der Waals surface area (Å²) in [6.07, 6.45) is 10.5. The minimum Gasteiger partial charge on any atom is -0.460 e. The molecule has 0 unspecified atom stereocenters. The fraction of sp³-hybridized carbons (Fsp3) is 0.774. The van der Waals surface area contributed by atoms with Gasteiger partial charge in [0, 0.05) is 6.61 Å². The van der Waals surface area contributed by atoms with Gasteiger partial charge in [-0.1, -0.05) is 70.1 Å². The Balaban J connectivity index is 1.65. The summed E-state index contributed by atoms with van der Waals surface area (Å²) in [7, 11) is 0. The molecular weight excluding hydrogens is 516 g/mol. The molecule has 1 aromatic carbocycles. The minimum atomic E-state index is -0.347. The Morgan fingerprint density at radius 2 is 0.800 bits per heavy atom. The molecule has 0 N–H and O–H groups in total. The Morgan fingerprint density at radius 1 is 0.450 bits per heavy atom. The summed E-state index contributed by atoms with van der Waals surface area (Å²) in [6.45, 7) is 9.96. The van der Waals surface area contributed by atoms with Crippen molar-refractivity contribution in [2.24, 2.45) is 0 Å². The van der Waals surface area contributed by atoms with Crippen LogP contribution in [0.3, 0.4) is 0 Å². The van der Waals surface area contributed by atoms with Crippen LogP contribution in [0.25, 0.3) is 0 Å². The second-order valence-corrected chi connectivity index (χ2v) is 9.26. The van der Waals surface area contributed by atoms with Crippen molar-refractivity contribution >= 4 is 5.97 Å². The van der Waals surface area contributed by atoms with Gasteiger partial charge < -0.3 is 37.9 Å². The monoisotopic (exact) mass is 570 g/mol. The van der Waals surface area contributed by atoms with Crippen molar-refractivity contribution in [2.75, 3.05) is 99.1 Å². The van der Waals surface area contributed by atoms with Crippen LogP contribution in [0.4, 0.5) is 0 Å². The highest BCUT2D eigenvalue weighted by atomic mass is 16.6. The van der Waals surface area contributed by atoms with Crippen LogP contribution in [0, 0.1) is 0 Å². The Kier molecular flexibility index (Phi) is 27.7. The summed E-state index contributed by atoms with van der Waals surface area (Å²) in [5.41, 5.74) is 0.534. The molecule has 0 aromatic heterocycles. The van der Waals surface area contributed by atoms with Crippen LogP contribution in [0.2, 0.25) is 0 Å². The number of carbonyl (C=O) groups excluding carboxylic acids is 1. The molecule has 0 bridgehead atoms. The number of unbranched alkanes of at least 4 members (excludes halogenated alkanes) is 7. The molecule has 1 rings (SSSR count). The standard InChI is InChI=1S/C31H54O9/c1-2-3-4-5-6-7-8-12-15-33-16-17-34-18-19-35-20-21-36-22-23-37-24-25-38-26-27-39-28-29-40-31(32)30-13-10-9-11-14-30/h9-11,13-14H,2-8,12,15-29H2,1H3. The highest BCUT2D eigenvalue weighted by molar-refractivity contribution is 5.89. The van der Waals surface area contributed by atoms with E-state index in [0.717, 1.165) is 13.0 Å². The first kappa shape index (κ1) is 36.4. The molecule has 0 saturated heterocycles. The van der Waals surface area contributed by atoms with E-state index in [0.29, 0.717) is 91.5 Å². The summed E-state index contributed by atoms with van der Waals surface area (Å²) < 4.78 is 43.5. The molecule has 0 saturated carbocycles. The average Bonchev–Trinajstić information content (AvgIpc) is 2.98. The van der Waals surface area contributed by atoms with Crippen LogP contribution in [0.15, 0.2) is 30.3 Å². The number of rotatable bonds is 31. The lowest BCUT2D eigenvalue weighted by Crippen LogP contribution is -2.15. The van der Waals surface area contributed by atoms with E-state index < -0.39 is 0 Å². The SMILES string of the molecule is CCCCCCCCCCOCCOCCOCCOCCOCCOCCOCCOC(=O)c1ccccc1. The van der Waals surface area contributed by atoms with Gasteiger partial charge in [0.05, 0.1) is 91.5 Å². The van der Waals surface area contributed by atoms with Gasteiger partial charge in [-0.15, -0.1) is 0 Å². The summed E-state index contributed by atoms with van der Waals surface area (Å²) in [5, 5.41) is 0. The van der Waals surface area contributed by atoms with E-state index >= 15 is 0 Å². The van der Waals surface area contributed by atoms with E-state index in [2.05, 4.69) is 6.92 Å². The van der Waals surface area contributed by atoms with E-state index in [-0.39, 0.29) is 12.6 Å². The Bertz CT molecular complexity index is 645. The Labute approximate surface area is 242 Å². The Hall–Kier alpha value is -1.59. The zero-order chi connectivity index (χ0) is 28.6. The van der Waals surface area contributed by atoms with Gasteiger partial charge in [-0.05, 0) is 18.6 Å². The Morgan fingerprint density at radius 3 is 1.23 bits per heavy atom. The predicted octanol–water partition coefficient (Wildman–Crippen LogP) is 5.10. The first-order chi connectivity index (χ1) is 19.8. The normalized spacial score (nSPS) is 11.2. The lowest BCUT2D eigenvalue weighted by Gasteiger charge is -2.09. The topological polar surface area (TPSA) is 90.9 Å². The van der Waals surface area contributed by atoms with Crippen LogP contribution in [0.5, 0.6) is 0 Å². The zero-order valence-corrected chi connectivity index (χ0v) is 24.8. The molecular formula is C31H54O9. The fourth-order valence-electron chi connectivity index (χ4n) is 3.61.